The normalized spacial score (nSPS) is 19.9. The Kier molecular flexibility index (Phi) is 4.80. The second kappa shape index (κ2) is 7.25. The van der Waals surface area contributed by atoms with Crippen LogP contribution in [0.1, 0.15) is 30.1 Å². The van der Waals surface area contributed by atoms with Gasteiger partial charge in [0.2, 0.25) is 0 Å². The summed E-state index contributed by atoms with van der Waals surface area (Å²) in [5.74, 6) is -0.0764. The summed E-state index contributed by atoms with van der Waals surface area (Å²) >= 11 is 1.43. The second-order valence-electron chi connectivity index (χ2n) is 6.88. The smallest absolute Gasteiger partial charge is 0.251 e. The maximum Gasteiger partial charge on any atom is 0.251 e. The van der Waals surface area contributed by atoms with Gasteiger partial charge in [-0.25, -0.2) is 9.37 Å². The van der Waals surface area contributed by atoms with Gasteiger partial charge in [0, 0.05) is 28.5 Å². The van der Waals surface area contributed by atoms with Crippen molar-refractivity contribution in [2.24, 2.45) is 5.73 Å². The number of pyridine rings is 1. The number of halogens is 1. The first-order valence-corrected chi connectivity index (χ1v) is 9.83. The van der Waals surface area contributed by atoms with Crippen LogP contribution < -0.4 is 16.4 Å². The number of nitrogens with two attached hydrogens (primary N) is 1. The summed E-state index contributed by atoms with van der Waals surface area (Å²) in [4.78, 5) is 17.2. The molecule has 27 heavy (non-hydrogen) atoms. The van der Waals surface area contributed by atoms with Gasteiger partial charge in [-0.1, -0.05) is 12.1 Å². The highest BCUT2D eigenvalue weighted by Gasteiger charge is 2.23. The first-order chi connectivity index (χ1) is 13.0. The SMILES string of the molecule is C[C@@H]1NCCC[C@H]1Nc1ncc(C(N)=O)c2sc(-c3cccc(F)c3)cc12. The first-order valence-electron chi connectivity index (χ1n) is 9.01. The molecule has 0 aliphatic carbocycles. The molecule has 1 aliphatic rings. The highest BCUT2D eigenvalue weighted by molar-refractivity contribution is 7.22. The van der Waals surface area contributed by atoms with Gasteiger partial charge in [0.25, 0.3) is 5.91 Å². The van der Waals surface area contributed by atoms with E-state index in [-0.39, 0.29) is 11.9 Å². The van der Waals surface area contributed by atoms with Crippen LogP contribution in [0.5, 0.6) is 0 Å². The molecule has 0 unspecified atom stereocenters. The number of rotatable bonds is 4. The lowest BCUT2D eigenvalue weighted by Gasteiger charge is -2.31. The summed E-state index contributed by atoms with van der Waals surface area (Å²) in [5, 5.41) is 7.83. The van der Waals surface area contributed by atoms with Crippen molar-refractivity contribution in [3.05, 3.63) is 47.9 Å². The Morgan fingerprint density at radius 1 is 1.41 bits per heavy atom. The van der Waals surface area contributed by atoms with Crippen LogP contribution >= 0.6 is 11.3 Å². The Hall–Kier alpha value is -2.51. The van der Waals surface area contributed by atoms with Gasteiger partial charge in [0.15, 0.2) is 0 Å². The molecule has 1 aliphatic heterocycles. The highest BCUT2D eigenvalue weighted by atomic mass is 32.1. The minimum atomic E-state index is -0.514. The number of nitrogens with one attached hydrogen (secondary N) is 2. The molecule has 1 aromatic carbocycles. The fraction of sp³-hybridized carbons (Fsp3) is 0.300. The predicted octanol–water partition coefficient (Wildman–Crippen LogP) is 3.75. The minimum absolute atomic E-state index is 0.256. The summed E-state index contributed by atoms with van der Waals surface area (Å²) in [5.41, 5.74) is 6.70. The number of aromatic nitrogens is 1. The number of anilines is 1. The molecule has 4 N–H and O–H groups in total. The summed E-state index contributed by atoms with van der Waals surface area (Å²) in [6.07, 6.45) is 3.68. The van der Waals surface area contributed by atoms with Gasteiger partial charge in [-0.3, -0.25) is 4.79 Å². The Balaban J connectivity index is 1.80. The Morgan fingerprint density at radius 3 is 3.00 bits per heavy atom. The third-order valence-electron chi connectivity index (χ3n) is 5.01. The number of fused-ring (bicyclic) bond motifs is 1. The third kappa shape index (κ3) is 3.52. The summed E-state index contributed by atoms with van der Waals surface area (Å²) in [6, 6.07) is 8.97. The number of piperidine rings is 1. The molecule has 1 saturated heterocycles. The van der Waals surface area contributed by atoms with E-state index >= 15 is 0 Å². The first kappa shape index (κ1) is 17.9. The van der Waals surface area contributed by atoms with Crippen LogP contribution in [0.3, 0.4) is 0 Å². The monoisotopic (exact) mass is 384 g/mol. The van der Waals surface area contributed by atoms with Crippen molar-refractivity contribution in [1.82, 2.24) is 10.3 Å². The molecule has 0 radical (unpaired) electrons. The molecule has 7 heteroatoms. The number of carbonyl (C=O) groups excluding carboxylic acids is 1. The molecular weight excluding hydrogens is 363 g/mol. The van der Waals surface area contributed by atoms with Gasteiger partial charge in [-0.2, -0.15) is 0 Å². The molecule has 5 nitrogen and oxygen atoms in total. The van der Waals surface area contributed by atoms with Crippen molar-refractivity contribution in [2.45, 2.75) is 31.8 Å². The van der Waals surface area contributed by atoms with E-state index in [0.29, 0.717) is 11.6 Å². The van der Waals surface area contributed by atoms with Crippen molar-refractivity contribution in [3.63, 3.8) is 0 Å². The quantitative estimate of drug-likeness (QED) is 0.640. The van der Waals surface area contributed by atoms with Gasteiger partial charge < -0.3 is 16.4 Å². The van der Waals surface area contributed by atoms with Crippen LogP contribution in [0.15, 0.2) is 36.5 Å². The number of thiophene rings is 1. The van der Waals surface area contributed by atoms with E-state index in [0.717, 1.165) is 45.7 Å². The largest absolute Gasteiger partial charge is 0.366 e. The highest BCUT2D eigenvalue weighted by Crippen LogP contribution is 2.38. The summed E-state index contributed by atoms with van der Waals surface area (Å²) in [7, 11) is 0. The van der Waals surface area contributed by atoms with E-state index in [1.807, 2.05) is 12.1 Å². The zero-order valence-corrected chi connectivity index (χ0v) is 15.8. The molecule has 0 saturated carbocycles. The second-order valence-corrected chi connectivity index (χ2v) is 7.94. The molecule has 2 aromatic heterocycles. The van der Waals surface area contributed by atoms with Crippen LogP contribution in [0.25, 0.3) is 20.5 Å². The maximum atomic E-state index is 13.6. The lowest BCUT2D eigenvalue weighted by molar-refractivity contribution is 0.100. The predicted molar refractivity (Wildman–Crippen MR) is 108 cm³/mol. The fourth-order valence-corrected chi connectivity index (χ4v) is 4.69. The Bertz CT molecular complexity index is 1000. The molecule has 140 valence electrons. The van der Waals surface area contributed by atoms with Gasteiger partial charge in [-0.15, -0.1) is 11.3 Å². The average Bonchev–Trinajstić information content (AvgIpc) is 3.09. The van der Waals surface area contributed by atoms with E-state index in [9.17, 15) is 9.18 Å². The third-order valence-corrected chi connectivity index (χ3v) is 6.23. The van der Waals surface area contributed by atoms with Crippen LogP contribution in [0.4, 0.5) is 10.2 Å². The molecule has 3 heterocycles. The van der Waals surface area contributed by atoms with Crippen molar-refractivity contribution < 1.29 is 9.18 Å². The van der Waals surface area contributed by atoms with Gasteiger partial charge >= 0.3 is 0 Å². The standard InChI is InChI=1S/C20H21FN4OS/c1-11-16(6-3-7-23-11)25-20-14-9-17(12-4-2-5-13(21)8-12)27-18(14)15(10-24-20)19(22)26/h2,4-5,8-11,16,23H,3,6-7H2,1H3,(H2,22,26)(H,24,25)/t11-,16+/m0/s1. The Morgan fingerprint density at radius 2 is 2.26 bits per heavy atom. The van der Waals surface area contributed by atoms with Gasteiger partial charge in [-0.05, 0) is 50.1 Å². The minimum Gasteiger partial charge on any atom is -0.366 e. The molecule has 4 rings (SSSR count). The molecule has 0 spiro atoms. The zero-order chi connectivity index (χ0) is 19.0. The van der Waals surface area contributed by atoms with Crippen molar-refractivity contribution in [1.29, 1.82) is 0 Å². The van der Waals surface area contributed by atoms with E-state index < -0.39 is 5.91 Å². The van der Waals surface area contributed by atoms with E-state index in [4.69, 9.17) is 5.73 Å². The molecule has 1 fully saturated rings. The van der Waals surface area contributed by atoms with Crippen LogP contribution in [-0.2, 0) is 0 Å². The lowest BCUT2D eigenvalue weighted by atomic mass is 9.99. The van der Waals surface area contributed by atoms with Gasteiger partial charge in [0.1, 0.15) is 11.6 Å². The molecule has 2 atom stereocenters. The Labute approximate surface area is 160 Å². The number of primary amides is 1. The number of hydrogen-bond acceptors (Lipinski definition) is 5. The number of nitrogens with zero attached hydrogens (tertiary/aromatic N) is 1. The van der Waals surface area contributed by atoms with E-state index in [1.165, 1.54) is 29.7 Å². The van der Waals surface area contributed by atoms with E-state index in [1.54, 1.807) is 6.07 Å². The van der Waals surface area contributed by atoms with Crippen molar-refractivity contribution in [3.8, 4) is 10.4 Å². The summed E-state index contributed by atoms with van der Waals surface area (Å²) in [6.45, 7) is 3.17. The molecule has 0 bridgehead atoms. The van der Waals surface area contributed by atoms with Crippen LogP contribution in [-0.4, -0.2) is 29.5 Å². The number of benzene rings is 1. The topological polar surface area (TPSA) is 80.0 Å². The number of amides is 1. The molecule has 3 aromatic rings. The zero-order valence-electron chi connectivity index (χ0n) is 15.0. The lowest BCUT2D eigenvalue weighted by Crippen LogP contribution is -2.46. The average molecular weight is 384 g/mol. The van der Waals surface area contributed by atoms with Crippen LogP contribution in [0.2, 0.25) is 0 Å². The maximum absolute atomic E-state index is 13.6. The number of hydrogen-bond donors (Lipinski definition) is 3. The van der Waals surface area contributed by atoms with Gasteiger partial charge in [0.05, 0.1) is 10.3 Å². The molecule has 1 amide bonds. The number of carbonyl (C=O) groups is 1. The summed E-state index contributed by atoms with van der Waals surface area (Å²) < 4.78 is 14.4. The van der Waals surface area contributed by atoms with E-state index in [2.05, 4.69) is 22.5 Å². The fourth-order valence-electron chi connectivity index (χ4n) is 3.52. The van der Waals surface area contributed by atoms with Crippen LogP contribution in [0, 0.1) is 5.82 Å². The molecular formula is C20H21FN4OS. The van der Waals surface area contributed by atoms with Crippen molar-refractivity contribution >= 4 is 33.1 Å². The van der Waals surface area contributed by atoms with Crippen molar-refractivity contribution in [2.75, 3.05) is 11.9 Å².